The van der Waals surface area contributed by atoms with E-state index in [-0.39, 0.29) is 10.8 Å². The van der Waals surface area contributed by atoms with Crippen molar-refractivity contribution in [2.45, 2.75) is 115 Å². The Hall–Kier alpha value is -3.13. The summed E-state index contributed by atoms with van der Waals surface area (Å²) in [7, 11) is 4.48. The zero-order valence-corrected chi connectivity index (χ0v) is 29.7. The number of likely N-dealkylation sites (N-methyl/N-ethyl adjacent to an activating group) is 1. The Labute approximate surface area is 257 Å². The molecule has 0 saturated carbocycles. The van der Waals surface area contributed by atoms with Gasteiger partial charge in [-0.05, 0) is 157 Å². The van der Waals surface area contributed by atoms with Gasteiger partial charge in [0.15, 0.2) is 5.71 Å². The fraction of sp³-hybridized carbons (Fsp3) is 0.475. The van der Waals surface area contributed by atoms with Crippen molar-refractivity contribution in [1.82, 2.24) is 0 Å². The zero-order chi connectivity index (χ0) is 31.8. The van der Waals surface area contributed by atoms with Crippen LogP contribution in [0.1, 0.15) is 104 Å². The maximum Gasteiger partial charge on any atom is 0.213 e. The Bertz CT molecular complexity index is 1680. The van der Waals surface area contributed by atoms with Crippen molar-refractivity contribution >= 4 is 17.1 Å². The molecular formula is C40H55N2+. The number of anilines is 1. The van der Waals surface area contributed by atoms with E-state index in [2.05, 4.69) is 152 Å². The van der Waals surface area contributed by atoms with Crippen LogP contribution in [0.4, 0.5) is 11.4 Å². The summed E-state index contributed by atoms with van der Waals surface area (Å²) in [5, 5.41) is 0. The molecule has 0 spiro atoms. The molecule has 2 aromatic carbocycles. The van der Waals surface area contributed by atoms with E-state index in [9.17, 15) is 0 Å². The summed E-state index contributed by atoms with van der Waals surface area (Å²) in [4.78, 5) is 2.43. The molecule has 42 heavy (non-hydrogen) atoms. The highest BCUT2D eigenvalue weighted by molar-refractivity contribution is 6.04. The molecule has 2 nitrogen and oxygen atoms in total. The number of hydrogen-bond donors (Lipinski definition) is 0. The molecule has 2 aliphatic rings. The summed E-state index contributed by atoms with van der Waals surface area (Å²) in [5.41, 5.74) is 23.6. The van der Waals surface area contributed by atoms with E-state index in [0.29, 0.717) is 0 Å². The first-order chi connectivity index (χ1) is 19.3. The van der Waals surface area contributed by atoms with Gasteiger partial charge >= 0.3 is 0 Å². The second-order valence-corrected chi connectivity index (χ2v) is 14.2. The van der Waals surface area contributed by atoms with Gasteiger partial charge in [-0.1, -0.05) is 26.0 Å². The lowest BCUT2D eigenvalue weighted by Gasteiger charge is -2.25. The van der Waals surface area contributed by atoms with Gasteiger partial charge in [-0.15, -0.1) is 0 Å². The number of benzene rings is 2. The SMILES string of the molecule is CC(=C\C=C1/N(C)c2c(C)c(C)c(C)c(C)c2C1(C)C)/C(C)=C(C)/C=C/C1=[N+](C)c2c(C)c(C)c(C)c(C)c2C1(C)C. The Kier molecular flexibility index (Phi) is 7.98. The second kappa shape index (κ2) is 10.5. The first-order valence-corrected chi connectivity index (χ1v) is 15.6. The van der Waals surface area contributed by atoms with E-state index >= 15 is 0 Å². The van der Waals surface area contributed by atoms with Gasteiger partial charge in [0.05, 0.1) is 5.41 Å². The van der Waals surface area contributed by atoms with Crippen LogP contribution >= 0.6 is 0 Å². The predicted molar refractivity (Wildman–Crippen MR) is 185 cm³/mol. The van der Waals surface area contributed by atoms with E-state index in [1.165, 1.54) is 95.1 Å². The zero-order valence-electron chi connectivity index (χ0n) is 29.7. The summed E-state index contributed by atoms with van der Waals surface area (Å²) >= 11 is 0. The van der Waals surface area contributed by atoms with E-state index in [1.54, 1.807) is 0 Å². The van der Waals surface area contributed by atoms with Crippen molar-refractivity contribution in [3.05, 3.63) is 102 Å². The predicted octanol–water partition coefficient (Wildman–Crippen LogP) is 10.3. The highest BCUT2D eigenvalue weighted by Crippen LogP contribution is 2.51. The fourth-order valence-electron chi connectivity index (χ4n) is 7.90. The molecule has 0 saturated heterocycles. The van der Waals surface area contributed by atoms with Crippen LogP contribution in [-0.4, -0.2) is 24.4 Å². The maximum atomic E-state index is 2.43. The van der Waals surface area contributed by atoms with Crippen molar-refractivity contribution in [3.8, 4) is 0 Å². The third-order valence-electron chi connectivity index (χ3n) is 11.4. The van der Waals surface area contributed by atoms with E-state index in [0.717, 1.165) is 0 Å². The first kappa shape index (κ1) is 31.8. The quantitative estimate of drug-likeness (QED) is 0.265. The molecule has 0 unspecified atom stereocenters. The van der Waals surface area contributed by atoms with E-state index < -0.39 is 0 Å². The van der Waals surface area contributed by atoms with Gasteiger partial charge < -0.3 is 4.90 Å². The molecule has 2 aliphatic heterocycles. The third-order valence-corrected chi connectivity index (χ3v) is 11.4. The average molecular weight is 564 g/mol. The molecule has 0 fully saturated rings. The van der Waals surface area contributed by atoms with Crippen LogP contribution in [0, 0.1) is 55.4 Å². The van der Waals surface area contributed by atoms with Gasteiger partial charge in [-0.3, -0.25) is 0 Å². The summed E-state index contributed by atoms with van der Waals surface area (Å²) in [6.07, 6.45) is 9.36. The largest absolute Gasteiger partial charge is 0.347 e. The van der Waals surface area contributed by atoms with Crippen LogP contribution in [0.25, 0.3) is 0 Å². The Morgan fingerprint density at radius 2 is 1.17 bits per heavy atom. The highest BCUT2D eigenvalue weighted by Gasteiger charge is 2.46. The molecule has 0 atom stereocenters. The lowest BCUT2D eigenvalue weighted by atomic mass is 9.76. The summed E-state index contributed by atoms with van der Waals surface area (Å²) in [6.45, 7) is 34.5. The Balaban J connectivity index is 1.71. The van der Waals surface area contributed by atoms with Crippen LogP contribution in [0.15, 0.2) is 46.7 Å². The Morgan fingerprint density at radius 1 is 0.667 bits per heavy atom. The summed E-state index contributed by atoms with van der Waals surface area (Å²) in [5.74, 6) is 0. The van der Waals surface area contributed by atoms with Crippen molar-refractivity contribution in [2.24, 2.45) is 0 Å². The fourth-order valence-corrected chi connectivity index (χ4v) is 7.90. The van der Waals surface area contributed by atoms with Gasteiger partial charge in [0, 0.05) is 41.1 Å². The number of nitrogens with zero attached hydrogens (tertiary/aromatic N) is 2. The van der Waals surface area contributed by atoms with Gasteiger partial charge in [0.25, 0.3) is 0 Å². The molecule has 0 amide bonds. The topological polar surface area (TPSA) is 6.25 Å². The average Bonchev–Trinajstić information content (AvgIpc) is 3.25. The molecule has 0 radical (unpaired) electrons. The number of fused-ring (bicyclic) bond motifs is 2. The molecule has 224 valence electrons. The van der Waals surface area contributed by atoms with Crippen LogP contribution in [0.3, 0.4) is 0 Å². The van der Waals surface area contributed by atoms with Crippen LogP contribution in [0.2, 0.25) is 0 Å². The van der Waals surface area contributed by atoms with Crippen molar-refractivity contribution in [1.29, 1.82) is 0 Å². The first-order valence-electron chi connectivity index (χ1n) is 15.6. The maximum absolute atomic E-state index is 2.43. The third kappa shape index (κ3) is 4.48. The summed E-state index contributed by atoms with van der Waals surface area (Å²) < 4.78 is 2.43. The van der Waals surface area contributed by atoms with Gasteiger partial charge in [0.2, 0.25) is 5.69 Å². The van der Waals surface area contributed by atoms with E-state index in [1.807, 2.05) is 0 Å². The smallest absolute Gasteiger partial charge is 0.213 e. The number of hydrogen-bond acceptors (Lipinski definition) is 1. The van der Waals surface area contributed by atoms with Crippen molar-refractivity contribution < 1.29 is 4.58 Å². The van der Waals surface area contributed by atoms with Gasteiger partial charge in [-0.25, -0.2) is 0 Å². The second-order valence-electron chi connectivity index (χ2n) is 14.2. The molecule has 0 N–H and O–H groups in total. The Morgan fingerprint density at radius 3 is 1.74 bits per heavy atom. The minimum atomic E-state index is -0.0437. The molecule has 0 aliphatic carbocycles. The van der Waals surface area contributed by atoms with Crippen LogP contribution < -0.4 is 4.90 Å². The minimum Gasteiger partial charge on any atom is -0.347 e. The van der Waals surface area contributed by atoms with Crippen molar-refractivity contribution in [3.63, 3.8) is 0 Å². The van der Waals surface area contributed by atoms with Gasteiger partial charge in [-0.2, -0.15) is 4.58 Å². The van der Waals surface area contributed by atoms with Crippen molar-refractivity contribution in [2.75, 3.05) is 19.0 Å². The minimum absolute atomic E-state index is 0.0437. The highest BCUT2D eigenvalue weighted by atomic mass is 15.2. The molecular weight excluding hydrogens is 508 g/mol. The van der Waals surface area contributed by atoms with Crippen LogP contribution in [0.5, 0.6) is 0 Å². The molecule has 2 heteroatoms. The van der Waals surface area contributed by atoms with Crippen LogP contribution in [-0.2, 0) is 10.8 Å². The molecule has 2 aromatic rings. The molecule has 2 heterocycles. The summed E-state index contributed by atoms with van der Waals surface area (Å²) in [6, 6.07) is 0. The lowest BCUT2D eigenvalue weighted by Crippen LogP contribution is -2.27. The molecule has 0 bridgehead atoms. The number of allylic oxidation sites excluding steroid dienone is 8. The monoisotopic (exact) mass is 563 g/mol. The standard InChI is InChI=1S/C40H55N2/c1-22(18-20-33-39(12,13)35-29(8)25(4)27(6)31(10)37(35)41(33)16)24(3)23(2)19-21-34-40(14,15)36-30(9)26(5)28(7)32(11)38(36)42(34)17/h18-21H,1-17H3/q+1. The normalized spacial score (nSPS) is 19.3. The molecule has 4 rings (SSSR count). The molecule has 0 aromatic heterocycles. The number of rotatable bonds is 4. The van der Waals surface area contributed by atoms with E-state index in [4.69, 9.17) is 0 Å². The van der Waals surface area contributed by atoms with Gasteiger partial charge in [0.1, 0.15) is 7.05 Å². The lowest BCUT2D eigenvalue weighted by molar-refractivity contribution is -0.402.